The normalized spacial score (nSPS) is 13.7. The van der Waals surface area contributed by atoms with Crippen LogP contribution in [0, 0.1) is 0 Å². The fourth-order valence-corrected chi connectivity index (χ4v) is 1.55. The van der Waals surface area contributed by atoms with Gasteiger partial charge in [0.2, 0.25) is 0 Å². The van der Waals surface area contributed by atoms with E-state index < -0.39 is 17.4 Å². The quantitative estimate of drug-likeness (QED) is 0.741. The topological polar surface area (TPSA) is 92.4 Å². The summed E-state index contributed by atoms with van der Waals surface area (Å²) in [6.45, 7) is 3.17. The van der Waals surface area contributed by atoms with Crippen molar-refractivity contribution in [3.63, 3.8) is 0 Å². The van der Waals surface area contributed by atoms with E-state index in [4.69, 9.17) is 10.8 Å². The zero-order valence-electron chi connectivity index (χ0n) is 10.2. The minimum atomic E-state index is -1.28. The first-order chi connectivity index (χ1) is 8.30. The van der Waals surface area contributed by atoms with E-state index in [-0.39, 0.29) is 0 Å². The molecule has 1 aromatic carbocycles. The largest absolute Gasteiger partial charge is 0.480 e. The first-order valence-corrected chi connectivity index (χ1v) is 6.20. The van der Waals surface area contributed by atoms with Crippen molar-refractivity contribution in [2.75, 3.05) is 5.73 Å². The molecule has 0 aliphatic carbocycles. The summed E-state index contributed by atoms with van der Waals surface area (Å²) >= 11 is 3.23. The molecule has 98 valence electrons. The van der Waals surface area contributed by atoms with Gasteiger partial charge in [-0.2, -0.15) is 0 Å². The van der Waals surface area contributed by atoms with Crippen molar-refractivity contribution in [2.45, 2.75) is 25.8 Å². The van der Waals surface area contributed by atoms with Gasteiger partial charge in [-0.3, -0.25) is 4.79 Å². The van der Waals surface area contributed by atoms with Gasteiger partial charge in [0.05, 0.1) is 0 Å². The molecule has 6 heteroatoms. The third-order valence-electron chi connectivity index (χ3n) is 2.83. The van der Waals surface area contributed by atoms with Crippen LogP contribution in [0.1, 0.15) is 30.6 Å². The highest BCUT2D eigenvalue weighted by Gasteiger charge is 2.33. The molecular formula is C12H15BrN2O3. The first-order valence-electron chi connectivity index (χ1n) is 5.41. The Balaban J connectivity index is 2.95. The number of hydrogen-bond acceptors (Lipinski definition) is 3. The van der Waals surface area contributed by atoms with Crippen LogP contribution >= 0.6 is 15.9 Å². The maximum Gasteiger partial charge on any atom is 0.329 e. The zero-order valence-corrected chi connectivity index (χ0v) is 11.7. The van der Waals surface area contributed by atoms with Crippen molar-refractivity contribution in [3.05, 3.63) is 28.2 Å². The summed E-state index contributed by atoms with van der Waals surface area (Å²) in [6, 6.07) is 4.72. The second kappa shape index (κ2) is 5.39. The fourth-order valence-electron chi connectivity index (χ4n) is 1.30. The van der Waals surface area contributed by atoms with E-state index in [9.17, 15) is 9.59 Å². The molecule has 1 unspecified atom stereocenters. The Labute approximate surface area is 113 Å². The molecule has 0 saturated heterocycles. The minimum Gasteiger partial charge on any atom is -0.480 e. The predicted octanol–water partition coefficient (Wildman–Crippen LogP) is 2.01. The molecule has 0 fully saturated rings. The highest BCUT2D eigenvalue weighted by atomic mass is 79.9. The second-order valence-corrected chi connectivity index (χ2v) is 5.04. The standard InChI is InChI=1S/C12H15BrN2O3/c1-3-12(2,11(17)18)15-10(16)7-4-5-8(13)9(14)6-7/h4-6H,3,14H2,1-2H3,(H,15,16)(H,17,18). The maximum absolute atomic E-state index is 11.9. The van der Waals surface area contributed by atoms with Gasteiger partial charge in [0.15, 0.2) is 0 Å². The molecule has 0 aliphatic rings. The average molecular weight is 315 g/mol. The van der Waals surface area contributed by atoms with Crippen molar-refractivity contribution in [3.8, 4) is 0 Å². The Morgan fingerprint density at radius 1 is 1.50 bits per heavy atom. The van der Waals surface area contributed by atoms with Crippen molar-refractivity contribution in [2.24, 2.45) is 0 Å². The van der Waals surface area contributed by atoms with Gasteiger partial charge >= 0.3 is 5.97 Å². The van der Waals surface area contributed by atoms with Crippen LogP contribution in [0.2, 0.25) is 0 Å². The van der Waals surface area contributed by atoms with Gasteiger partial charge < -0.3 is 16.2 Å². The summed E-state index contributed by atoms with van der Waals surface area (Å²) in [5.74, 6) is -1.52. The van der Waals surface area contributed by atoms with E-state index in [1.807, 2.05) is 0 Å². The number of anilines is 1. The number of nitrogens with one attached hydrogen (secondary N) is 1. The molecule has 1 amide bonds. The van der Waals surface area contributed by atoms with E-state index in [1.54, 1.807) is 19.1 Å². The fraction of sp³-hybridized carbons (Fsp3) is 0.333. The summed E-state index contributed by atoms with van der Waals surface area (Å²) in [5, 5.41) is 11.6. The van der Waals surface area contributed by atoms with E-state index in [2.05, 4.69) is 21.2 Å². The highest BCUT2D eigenvalue weighted by molar-refractivity contribution is 9.10. The number of carbonyl (C=O) groups excluding carboxylic acids is 1. The van der Waals surface area contributed by atoms with Crippen LogP contribution in [0.25, 0.3) is 0 Å². The molecule has 5 nitrogen and oxygen atoms in total. The van der Waals surface area contributed by atoms with E-state index in [0.29, 0.717) is 22.1 Å². The molecule has 4 N–H and O–H groups in total. The Morgan fingerprint density at radius 2 is 2.11 bits per heavy atom. The van der Waals surface area contributed by atoms with Crippen LogP contribution in [0.15, 0.2) is 22.7 Å². The van der Waals surface area contributed by atoms with Crippen LogP contribution in [-0.2, 0) is 4.79 Å². The van der Waals surface area contributed by atoms with Gasteiger partial charge in [0.1, 0.15) is 5.54 Å². The predicted molar refractivity (Wildman–Crippen MR) is 72.4 cm³/mol. The molecule has 1 rings (SSSR count). The molecule has 0 aromatic heterocycles. The Morgan fingerprint density at radius 3 is 2.56 bits per heavy atom. The Bertz CT molecular complexity index is 490. The highest BCUT2D eigenvalue weighted by Crippen LogP contribution is 2.21. The lowest BCUT2D eigenvalue weighted by Crippen LogP contribution is -2.51. The number of carbonyl (C=O) groups is 2. The second-order valence-electron chi connectivity index (χ2n) is 4.18. The van der Waals surface area contributed by atoms with Crippen molar-refractivity contribution in [1.29, 1.82) is 0 Å². The van der Waals surface area contributed by atoms with Gasteiger partial charge in [-0.05, 0) is 47.5 Å². The van der Waals surface area contributed by atoms with Gasteiger partial charge in [-0.15, -0.1) is 0 Å². The molecule has 0 saturated carbocycles. The number of benzene rings is 1. The van der Waals surface area contributed by atoms with Crippen molar-refractivity contribution in [1.82, 2.24) is 5.32 Å². The van der Waals surface area contributed by atoms with E-state index in [1.165, 1.54) is 13.0 Å². The van der Waals surface area contributed by atoms with Gasteiger partial charge in [0.25, 0.3) is 5.91 Å². The molecular weight excluding hydrogens is 300 g/mol. The summed E-state index contributed by atoms with van der Waals surface area (Å²) in [5.41, 5.74) is 5.15. The number of rotatable bonds is 4. The number of amides is 1. The summed E-state index contributed by atoms with van der Waals surface area (Å²) < 4.78 is 0.690. The molecule has 0 aliphatic heterocycles. The number of aliphatic carboxylic acids is 1. The Hall–Kier alpha value is -1.56. The number of hydrogen-bond donors (Lipinski definition) is 3. The number of nitrogens with two attached hydrogens (primary N) is 1. The third kappa shape index (κ3) is 3.01. The summed E-state index contributed by atoms with van der Waals surface area (Å²) in [6.07, 6.45) is 0.292. The molecule has 1 atom stereocenters. The first kappa shape index (κ1) is 14.5. The van der Waals surface area contributed by atoms with Gasteiger partial charge in [-0.1, -0.05) is 6.92 Å². The lowest BCUT2D eigenvalue weighted by atomic mass is 9.98. The lowest BCUT2D eigenvalue weighted by Gasteiger charge is -2.24. The molecule has 0 radical (unpaired) electrons. The number of halogens is 1. The van der Waals surface area contributed by atoms with Crippen molar-refractivity contribution < 1.29 is 14.7 Å². The van der Waals surface area contributed by atoms with Crippen molar-refractivity contribution >= 4 is 33.5 Å². The third-order valence-corrected chi connectivity index (χ3v) is 3.55. The SMILES string of the molecule is CCC(C)(NC(=O)c1ccc(Br)c(N)c1)C(=O)O. The molecule has 18 heavy (non-hydrogen) atoms. The maximum atomic E-state index is 11.9. The van der Waals surface area contributed by atoms with E-state index in [0.717, 1.165) is 0 Å². The minimum absolute atomic E-state index is 0.292. The van der Waals surface area contributed by atoms with Gasteiger partial charge in [-0.25, -0.2) is 4.79 Å². The summed E-state index contributed by atoms with van der Waals surface area (Å²) in [7, 11) is 0. The smallest absolute Gasteiger partial charge is 0.329 e. The molecule has 0 bridgehead atoms. The number of nitrogen functional groups attached to an aromatic ring is 1. The monoisotopic (exact) mass is 314 g/mol. The zero-order chi connectivity index (χ0) is 13.9. The molecule has 0 spiro atoms. The van der Waals surface area contributed by atoms with Gasteiger partial charge in [0, 0.05) is 15.7 Å². The lowest BCUT2D eigenvalue weighted by molar-refractivity contribution is -0.143. The average Bonchev–Trinajstić information content (AvgIpc) is 2.32. The van der Waals surface area contributed by atoms with Crippen LogP contribution in [0.4, 0.5) is 5.69 Å². The van der Waals surface area contributed by atoms with E-state index >= 15 is 0 Å². The van der Waals surface area contributed by atoms with Crippen LogP contribution < -0.4 is 11.1 Å². The number of carboxylic acid groups (broad SMARTS) is 1. The molecule has 0 heterocycles. The van der Waals surface area contributed by atoms with Crippen LogP contribution in [0.5, 0.6) is 0 Å². The number of carboxylic acids is 1. The molecule has 1 aromatic rings. The Kier molecular flexibility index (Phi) is 4.34. The summed E-state index contributed by atoms with van der Waals surface area (Å²) in [4.78, 5) is 23.0. The van der Waals surface area contributed by atoms with Crippen LogP contribution in [0.3, 0.4) is 0 Å². The van der Waals surface area contributed by atoms with Crippen LogP contribution in [-0.4, -0.2) is 22.5 Å².